The minimum absolute atomic E-state index is 0. The van der Waals surface area contributed by atoms with E-state index >= 15 is 0 Å². The standard InChI is InChI=1S/C17H19F2N3.HI/c18-15-7-4-8-16(19)14(15)10-12-22-17(20)21-11-9-13-5-2-1-3-6-13;/h1-8H,9-12H2,(H3,20,21,22);1H. The van der Waals surface area contributed by atoms with E-state index in [4.69, 9.17) is 5.73 Å². The lowest BCUT2D eigenvalue weighted by Crippen LogP contribution is -2.33. The fourth-order valence-electron chi connectivity index (χ4n) is 2.09. The van der Waals surface area contributed by atoms with Crippen LogP contribution in [0, 0.1) is 11.6 Å². The molecule has 23 heavy (non-hydrogen) atoms. The Balaban J connectivity index is 0.00000264. The number of nitrogens with two attached hydrogens (primary N) is 1. The number of hydrogen-bond donors (Lipinski definition) is 2. The van der Waals surface area contributed by atoms with Gasteiger partial charge in [-0.2, -0.15) is 0 Å². The fraction of sp³-hybridized carbons (Fsp3) is 0.235. The molecule has 124 valence electrons. The summed E-state index contributed by atoms with van der Waals surface area (Å²) in [5.41, 5.74) is 6.98. The van der Waals surface area contributed by atoms with E-state index in [0.29, 0.717) is 6.54 Å². The average molecular weight is 431 g/mol. The zero-order valence-corrected chi connectivity index (χ0v) is 15.0. The first-order chi connectivity index (χ1) is 10.7. The lowest BCUT2D eigenvalue weighted by atomic mass is 10.1. The largest absolute Gasteiger partial charge is 0.370 e. The summed E-state index contributed by atoms with van der Waals surface area (Å²) in [6.45, 7) is 0.898. The Kier molecular flexibility index (Phi) is 8.53. The number of aliphatic imine (C=N–C) groups is 1. The van der Waals surface area contributed by atoms with Crippen LogP contribution in [-0.2, 0) is 12.8 Å². The molecule has 0 saturated heterocycles. The van der Waals surface area contributed by atoms with Crippen LogP contribution in [0.3, 0.4) is 0 Å². The van der Waals surface area contributed by atoms with E-state index in [1.807, 2.05) is 30.3 Å². The molecular formula is C17H20F2IN3. The van der Waals surface area contributed by atoms with Crippen molar-refractivity contribution in [3.8, 4) is 0 Å². The number of benzene rings is 2. The maximum absolute atomic E-state index is 13.4. The zero-order chi connectivity index (χ0) is 15.8. The topological polar surface area (TPSA) is 50.4 Å². The number of hydrogen-bond acceptors (Lipinski definition) is 1. The highest BCUT2D eigenvalue weighted by atomic mass is 127. The van der Waals surface area contributed by atoms with Gasteiger partial charge in [0.1, 0.15) is 11.6 Å². The van der Waals surface area contributed by atoms with Gasteiger partial charge in [-0.25, -0.2) is 8.78 Å². The predicted molar refractivity (Wildman–Crippen MR) is 100 cm³/mol. The van der Waals surface area contributed by atoms with Crippen LogP contribution in [0.5, 0.6) is 0 Å². The van der Waals surface area contributed by atoms with Crippen molar-refractivity contribution < 1.29 is 8.78 Å². The van der Waals surface area contributed by atoms with Crippen LogP contribution in [0.15, 0.2) is 53.5 Å². The molecule has 3 N–H and O–H groups in total. The van der Waals surface area contributed by atoms with E-state index in [1.54, 1.807) is 0 Å². The molecule has 0 aliphatic heterocycles. The lowest BCUT2D eigenvalue weighted by Gasteiger charge is -2.06. The lowest BCUT2D eigenvalue weighted by molar-refractivity contribution is 0.555. The van der Waals surface area contributed by atoms with Crippen LogP contribution < -0.4 is 11.1 Å². The molecule has 6 heteroatoms. The number of nitrogens with one attached hydrogen (secondary N) is 1. The second kappa shape index (κ2) is 10.1. The third-order valence-corrected chi connectivity index (χ3v) is 3.27. The highest BCUT2D eigenvalue weighted by Crippen LogP contribution is 2.12. The molecule has 0 heterocycles. The normalized spacial score (nSPS) is 11.0. The van der Waals surface area contributed by atoms with Gasteiger partial charge < -0.3 is 11.1 Å². The maximum Gasteiger partial charge on any atom is 0.188 e. The quantitative estimate of drug-likeness (QED) is 0.419. The van der Waals surface area contributed by atoms with Gasteiger partial charge in [-0.3, -0.25) is 4.99 Å². The van der Waals surface area contributed by atoms with Crippen LogP contribution in [0.1, 0.15) is 11.1 Å². The van der Waals surface area contributed by atoms with Crippen molar-refractivity contribution in [2.24, 2.45) is 10.7 Å². The van der Waals surface area contributed by atoms with Crippen LogP contribution in [0.2, 0.25) is 0 Å². The molecule has 0 atom stereocenters. The van der Waals surface area contributed by atoms with Gasteiger partial charge >= 0.3 is 0 Å². The molecule has 3 nitrogen and oxygen atoms in total. The Morgan fingerprint density at radius 1 is 0.957 bits per heavy atom. The van der Waals surface area contributed by atoms with Gasteiger partial charge in [0.15, 0.2) is 5.96 Å². The smallest absolute Gasteiger partial charge is 0.188 e. The van der Waals surface area contributed by atoms with Gasteiger partial charge in [0.2, 0.25) is 0 Å². The molecule has 0 fully saturated rings. The Bertz CT molecular complexity index is 613. The summed E-state index contributed by atoms with van der Waals surface area (Å²) in [5.74, 6) is -0.815. The number of guanidine groups is 1. The highest BCUT2D eigenvalue weighted by Gasteiger charge is 2.07. The first-order valence-electron chi connectivity index (χ1n) is 7.17. The van der Waals surface area contributed by atoms with Gasteiger partial charge in [0.25, 0.3) is 0 Å². The molecule has 0 bridgehead atoms. The van der Waals surface area contributed by atoms with Crippen molar-refractivity contribution in [2.75, 3.05) is 13.1 Å². The third-order valence-electron chi connectivity index (χ3n) is 3.27. The van der Waals surface area contributed by atoms with Gasteiger partial charge in [0.05, 0.1) is 0 Å². The molecule has 0 saturated carbocycles. The molecule has 0 aliphatic carbocycles. The van der Waals surface area contributed by atoms with Gasteiger partial charge in [-0.15, -0.1) is 24.0 Å². The molecule has 0 radical (unpaired) electrons. The Morgan fingerprint density at radius 3 is 2.26 bits per heavy atom. The highest BCUT2D eigenvalue weighted by molar-refractivity contribution is 14.0. The fourth-order valence-corrected chi connectivity index (χ4v) is 2.09. The molecule has 0 aliphatic rings. The summed E-state index contributed by atoms with van der Waals surface area (Å²) < 4.78 is 26.9. The van der Waals surface area contributed by atoms with Crippen molar-refractivity contribution in [3.63, 3.8) is 0 Å². The van der Waals surface area contributed by atoms with E-state index in [2.05, 4.69) is 10.3 Å². The Hall–Kier alpha value is -1.70. The van der Waals surface area contributed by atoms with Crippen molar-refractivity contribution in [2.45, 2.75) is 12.8 Å². The Morgan fingerprint density at radius 2 is 1.61 bits per heavy atom. The molecule has 0 amide bonds. The van der Waals surface area contributed by atoms with Crippen molar-refractivity contribution in [3.05, 3.63) is 71.3 Å². The number of nitrogens with zero attached hydrogens (tertiary/aromatic N) is 1. The first kappa shape index (κ1) is 19.3. The average Bonchev–Trinajstić information content (AvgIpc) is 2.51. The SMILES string of the molecule is I.NC(=NCCc1c(F)cccc1F)NCCc1ccccc1. The summed E-state index contributed by atoms with van der Waals surface area (Å²) >= 11 is 0. The van der Waals surface area contributed by atoms with Crippen LogP contribution in [0.4, 0.5) is 8.78 Å². The predicted octanol–water partition coefficient (Wildman–Crippen LogP) is 3.27. The molecule has 0 spiro atoms. The molecule has 0 aromatic heterocycles. The molecule has 2 aromatic rings. The monoisotopic (exact) mass is 431 g/mol. The maximum atomic E-state index is 13.4. The minimum Gasteiger partial charge on any atom is -0.370 e. The van der Waals surface area contributed by atoms with E-state index in [9.17, 15) is 8.78 Å². The summed E-state index contributed by atoms with van der Waals surface area (Å²) in [5, 5.41) is 2.99. The summed E-state index contributed by atoms with van der Waals surface area (Å²) in [6.07, 6.45) is 1.01. The van der Waals surface area contributed by atoms with E-state index in [1.165, 1.54) is 23.8 Å². The second-order valence-corrected chi connectivity index (χ2v) is 4.88. The summed E-state index contributed by atoms with van der Waals surface area (Å²) in [4.78, 5) is 4.08. The van der Waals surface area contributed by atoms with Crippen LogP contribution in [-0.4, -0.2) is 19.0 Å². The van der Waals surface area contributed by atoms with Crippen LogP contribution >= 0.6 is 24.0 Å². The first-order valence-corrected chi connectivity index (χ1v) is 7.17. The number of halogens is 3. The van der Waals surface area contributed by atoms with Gasteiger partial charge in [0, 0.05) is 18.7 Å². The third kappa shape index (κ3) is 6.52. The van der Waals surface area contributed by atoms with E-state index in [-0.39, 0.29) is 48.5 Å². The summed E-state index contributed by atoms with van der Waals surface area (Å²) in [6, 6.07) is 13.8. The molecule has 2 rings (SSSR count). The van der Waals surface area contributed by atoms with Gasteiger partial charge in [-0.05, 0) is 30.5 Å². The van der Waals surface area contributed by atoms with E-state index < -0.39 is 11.6 Å². The van der Waals surface area contributed by atoms with Gasteiger partial charge in [-0.1, -0.05) is 36.4 Å². The molecule has 2 aromatic carbocycles. The van der Waals surface area contributed by atoms with Crippen molar-refractivity contribution in [1.29, 1.82) is 0 Å². The minimum atomic E-state index is -0.550. The van der Waals surface area contributed by atoms with Crippen molar-refractivity contribution >= 4 is 29.9 Å². The van der Waals surface area contributed by atoms with Crippen LogP contribution in [0.25, 0.3) is 0 Å². The van der Waals surface area contributed by atoms with Crippen molar-refractivity contribution in [1.82, 2.24) is 5.32 Å². The summed E-state index contributed by atoms with van der Waals surface area (Å²) in [7, 11) is 0. The molecule has 0 unspecified atom stereocenters. The second-order valence-electron chi connectivity index (χ2n) is 4.88. The molecular weight excluding hydrogens is 411 g/mol. The Labute approximate surface area is 152 Å². The van der Waals surface area contributed by atoms with E-state index in [0.717, 1.165) is 6.42 Å². The number of rotatable bonds is 6. The zero-order valence-electron chi connectivity index (χ0n) is 12.6.